The number of hydrogen-bond donors (Lipinski definition) is 1. The summed E-state index contributed by atoms with van der Waals surface area (Å²) in [5.74, 6) is 0.178. The highest BCUT2D eigenvalue weighted by atomic mass is 16.2. The zero-order chi connectivity index (χ0) is 12.5. The van der Waals surface area contributed by atoms with E-state index < -0.39 is 0 Å². The lowest BCUT2D eigenvalue weighted by molar-refractivity contribution is 0.0724. The highest BCUT2D eigenvalue weighted by Gasteiger charge is 2.18. The van der Waals surface area contributed by atoms with Gasteiger partial charge in [-0.25, -0.2) is 0 Å². The Morgan fingerprint density at radius 1 is 1.22 bits per heavy atom. The number of fused-ring (bicyclic) bond motifs is 1. The number of hydrogen-bond acceptors (Lipinski definition) is 1. The van der Waals surface area contributed by atoms with Crippen LogP contribution in [-0.2, 0) is 0 Å². The van der Waals surface area contributed by atoms with Crippen LogP contribution in [-0.4, -0.2) is 28.9 Å². The van der Waals surface area contributed by atoms with Gasteiger partial charge in [-0.2, -0.15) is 0 Å². The van der Waals surface area contributed by atoms with Crippen molar-refractivity contribution in [2.24, 2.45) is 0 Å². The average molecular weight is 242 g/mol. The van der Waals surface area contributed by atoms with E-state index in [1.165, 1.54) is 12.0 Å². The Hall–Kier alpha value is -1.77. The number of aryl methyl sites for hydroxylation is 1. The van der Waals surface area contributed by atoms with E-state index in [2.05, 4.69) is 11.9 Å². The average Bonchev–Trinajstić information content (AvgIpc) is 2.80. The molecule has 1 saturated heterocycles. The first-order valence-corrected chi connectivity index (χ1v) is 6.63. The molecule has 0 aliphatic carbocycles. The van der Waals surface area contributed by atoms with E-state index in [-0.39, 0.29) is 5.91 Å². The van der Waals surface area contributed by atoms with Crippen LogP contribution in [0.5, 0.6) is 0 Å². The van der Waals surface area contributed by atoms with Crippen LogP contribution in [0, 0.1) is 6.92 Å². The summed E-state index contributed by atoms with van der Waals surface area (Å²) in [6.45, 7) is 3.87. The Kier molecular flexibility index (Phi) is 2.82. The van der Waals surface area contributed by atoms with Crippen molar-refractivity contribution < 1.29 is 4.79 Å². The zero-order valence-electron chi connectivity index (χ0n) is 10.7. The molecule has 1 aromatic heterocycles. The number of aromatic amines is 1. The van der Waals surface area contributed by atoms with Gasteiger partial charge in [0.1, 0.15) is 0 Å². The zero-order valence-corrected chi connectivity index (χ0v) is 10.7. The van der Waals surface area contributed by atoms with Crippen molar-refractivity contribution in [1.29, 1.82) is 0 Å². The molecule has 0 spiro atoms. The Bertz CT molecular complexity index is 579. The molecule has 3 rings (SSSR count). The molecule has 0 unspecified atom stereocenters. The Labute approximate surface area is 107 Å². The number of nitrogens with one attached hydrogen (secondary N) is 1. The first kappa shape index (κ1) is 11.3. The van der Waals surface area contributed by atoms with Gasteiger partial charge in [0, 0.05) is 35.8 Å². The molecule has 1 N–H and O–H groups in total. The Morgan fingerprint density at radius 3 is 2.78 bits per heavy atom. The third-order valence-electron chi connectivity index (χ3n) is 3.78. The van der Waals surface area contributed by atoms with Crippen LogP contribution in [0.25, 0.3) is 10.9 Å². The second-order valence-electron chi connectivity index (χ2n) is 5.08. The molecule has 3 heteroatoms. The van der Waals surface area contributed by atoms with Crippen LogP contribution >= 0.6 is 0 Å². The number of rotatable bonds is 1. The normalized spacial score (nSPS) is 16.2. The summed E-state index contributed by atoms with van der Waals surface area (Å²) in [5, 5.41) is 1.15. The number of carbonyl (C=O) groups is 1. The van der Waals surface area contributed by atoms with Gasteiger partial charge in [0.2, 0.25) is 0 Å². The van der Waals surface area contributed by atoms with Crippen molar-refractivity contribution >= 4 is 16.8 Å². The fraction of sp³-hybridized carbons (Fsp3) is 0.400. The van der Waals surface area contributed by atoms with Crippen LogP contribution in [0.4, 0.5) is 0 Å². The number of likely N-dealkylation sites (tertiary alicyclic amines) is 1. The number of H-pyrrole nitrogens is 1. The van der Waals surface area contributed by atoms with Crippen LogP contribution in [0.15, 0.2) is 24.4 Å². The first-order valence-electron chi connectivity index (χ1n) is 6.63. The maximum Gasteiger partial charge on any atom is 0.253 e. The van der Waals surface area contributed by atoms with Gasteiger partial charge in [0.15, 0.2) is 0 Å². The molecule has 0 bridgehead atoms. The van der Waals surface area contributed by atoms with Crippen LogP contribution in [0.3, 0.4) is 0 Å². The molecule has 18 heavy (non-hydrogen) atoms. The maximum atomic E-state index is 12.4. The second-order valence-corrected chi connectivity index (χ2v) is 5.08. The number of piperidine rings is 1. The molecule has 2 aromatic rings. The highest BCUT2D eigenvalue weighted by Crippen LogP contribution is 2.21. The Balaban J connectivity index is 1.93. The third kappa shape index (κ3) is 1.90. The Morgan fingerprint density at radius 2 is 2.00 bits per heavy atom. The van der Waals surface area contributed by atoms with Crippen LogP contribution in [0.1, 0.15) is 35.2 Å². The molecule has 2 heterocycles. The van der Waals surface area contributed by atoms with Gasteiger partial charge in [-0.3, -0.25) is 4.79 Å². The molecule has 0 atom stereocenters. The van der Waals surface area contributed by atoms with E-state index in [1.54, 1.807) is 0 Å². The van der Waals surface area contributed by atoms with E-state index in [0.717, 1.165) is 42.4 Å². The molecule has 0 saturated carbocycles. The minimum atomic E-state index is 0.178. The van der Waals surface area contributed by atoms with Crippen molar-refractivity contribution in [3.8, 4) is 0 Å². The molecule has 1 aromatic carbocycles. The minimum absolute atomic E-state index is 0.178. The van der Waals surface area contributed by atoms with Gasteiger partial charge in [-0.15, -0.1) is 0 Å². The summed E-state index contributed by atoms with van der Waals surface area (Å²) in [6.07, 6.45) is 5.51. The van der Waals surface area contributed by atoms with E-state index in [4.69, 9.17) is 0 Å². The van der Waals surface area contributed by atoms with Crippen LogP contribution in [0.2, 0.25) is 0 Å². The van der Waals surface area contributed by atoms with E-state index in [1.807, 2.05) is 29.3 Å². The minimum Gasteiger partial charge on any atom is -0.361 e. The third-order valence-corrected chi connectivity index (χ3v) is 3.78. The quantitative estimate of drug-likeness (QED) is 0.819. The molecular formula is C15H18N2O. The molecule has 94 valence electrons. The lowest BCUT2D eigenvalue weighted by Crippen LogP contribution is -2.35. The standard InChI is InChI=1S/C15H18N2O/c1-11-10-16-14-6-5-12(9-13(11)14)15(18)17-7-3-2-4-8-17/h5-6,9-10,16H,2-4,7-8H2,1H3. The number of aromatic nitrogens is 1. The monoisotopic (exact) mass is 242 g/mol. The summed E-state index contributed by atoms with van der Waals surface area (Å²) >= 11 is 0. The van der Waals surface area contributed by atoms with Crippen molar-refractivity contribution in [2.75, 3.05) is 13.1 Å². The lowest BCUT2D eigenvalue weighted by Gasteiger charge is -2.26. The summed E-state index contributed by atoms with van der Waals surface area (Å²) in [4.78, 5) is 17.6. The van der Waals surface area contributed by atoms with Gasteiger partial charge in [-0.05, 0) is 49.9 Å². The van der Waals surface area contributed by atoms with Gasteiger partial charge in [0.05, 0.1) is 0 Å². The predicted molar refractivity (Wildman–Crippen MR) is 72.8 cm³/mol. The van der Waals surface area contributed by atoms with Crippen molar-refractivity contribution in [3.05, 3.63) is 35.5 Å². The van der Waals surface area contributed by atoms with Gasteiger partial charge < -0.3 is 9.88 Å². The second kappa shape index (κ2) is 4.48. The summed E-state index contributed by atoms with van der Waals surface area (Å²) in [7, 11) is 0. The first-order chi connectivity index (χ1) is 8.75. The fourth-order valence-electron chi connectivity index (χ4n) is 2.67. The molecule has 0 radical (unpaired) electrons. The SMILES string of the molecule is Cc1c[nH]c2ccc(C(=O)N3CCCCC3)cc12. The van der Waals surface area contributed by atoms with Crippen LogP contribution < -0.4 is 0 Å². The van der Waals surface area contributed by atoms with Crippen molar-refractivity contribution in [3.63, 3.8) is 0 Å². The number of amides is 1. The van der Waals surface area contributed by atoms with E-state index in [0.29, 0.717) is 0 Å². The van der Waals surface area contributed by atoms with E-state index >= 15 is 0 Å². The molecular weight excluding hydrogens is 224 g/mol. The highest BCUT2D eigenvalue weighted by molar-refractivity contribution is 5.98. The summed E-state index contributed by atoms with van der Waals surface area (Å²) in [5.41, 5.74) is 3.10. The topological polar surface area (TPSA) is 36.1 Å². The maximum absolute atomic E-state index is 12.4. The number of benzene rings is 1. The van der Waals surface area contributed by atoms with E-state index in [9.17, 15) is 4.79 Å². The van der Waals surface area contributed by atoms with Gasteiger partial charge in [-0.1, -0.05) is 0 Å². The molecule has 1 fully saturated rings. The van der Waals surface area contributed by atoms with Crippen molar-refractivity contribution in [1.82, 2.24) is 9.88 Å². The van der Waals surface area contributed by atoms with Gasteiger partial charge in [0.25, 0.3) is 5.91 Å². The van der Waals surface area contributed by atoms with Gasteiger partial charge >= 0.3 is 0 Å². The summed E-state index contributed by atoms with van der Waals surface area (Å²) < 4.78 is 0. The molecule has 1 amide bonds. The number of nitrogens with zero attached hydrogens (tertiary/aromatic N) is 1. The smallest absolute Gasteiger partial charge is 0.253 e. The number of carbonyl (C=O) groups excluding carboxylic acids is 1. The lowest BCUT2D eigenvalue weighted by atomic mass is 10.1. The molecule has 1 aliphatic heterocycles. The predicted octanol–water partition coefficient (Wildman–Crippen LogP) is 3.10. The largest absolute Gasteiger partial charge is 0.361 e. The van der Waals surface area contributed by atoms with Crippen molar-refractivity contribution in [2.45, 2.75) is 26.2 Å². The summed E-state index contributed by atoms with van der Waals surface area (Å²) in [6, 6.07) is 5.94. The fourth-order valence-corrected chi connectivity index (χ4v) is 2.67. The molecule has 1 aliphatic rings. The molecule has 3 nitrogen and oxygen atoms in total.